The van der Waals surface area contributed by atoms with Crippen molar-refractivity contribution in [3.05, 3.63) is 17.5 Å². The van der Waals surface area contributed by atoms with Crippen molar-refractivity contribution in [2.24, 2.45) is 24.8 Å². The van der Waals surface area contributed by atoms with Crippen LogP contribution in [0.5, 0.6) is 0 Å². The molecule has 1 aromatic rings. The molecule has 164 valence electrons. The summed E-state index contributed by atoms with van der Waals surface area (Å²) in [6, 6.07) is 0.662. The van der Waals surface area contributed by atoms with Crippen LogP contribution in [0, 0.1) is 24.7 Å². The third kappa shape index (κ3) is 3.56. The van der Waals surface area contributed by atoms with Crippen LogP contribution in [-0.4, -0.2) is 56.6 Å². The van der Waals surface area contributed by atoms with Gasteiger partial charge in [-0.05, 0) is 50.4 Å². The van der Waals surface area contributed by atoms with E-state index in [1.807, 2.05) is 20.2 Å². The smallest absolute Gasteiger partial charge is 0.257 e. The van der Waals surface area contributed by atoms with E-state index >= 15 is 0 Å². The highest BCUT2D eigenvalue weighted by Crippen LogP contribution is 2.45. The highest BCUT2D eigenvalue weighted by molar-refractivity contribution is 5.95. The number of hydrogen-bond acceptors (Lipinski definition) is 3. The van der Waals surface area contributed by atoms with Gasteiger partial charge in [-0.25, -0.2) is 0 Å². The molecule has 2 bridgehead atoms. The van der Waals surface area contributed by atoms with Crippen LogP contribution in [0.2, 0.25) is 0 Å². The Bertz CT molecular complexity index is 812. The minimum atomic E-state index is 0.127. The molecule has 4 fully saturated rings. The minimum Gasteiger partial charge on any atom is -0.338 e. The summed E-state index contributed by atoms with van der Waals surface area (Å²) in [7, 11) is 1.88. The number of carbonyl (C=O) groups excluding carboxylic acids is 2. The molecule has 4 atom stereocenters. The van der Waals surface area contributed by atoms with Crippen LogP contribution < -0.4 is 0 Å². The van der Waals surface area contributed by atoms with E-state index in [4.69, 9.17) is 0 Å². The van der Waals surface area contributed by atoms with Crippen molar-refractivity contribution in [1.29, 1.82) is 0 Å². The Balaban J connectivity index is 1.40. The lowest BCUT2D eigenvalue weighted by Gasteiger charge is -2.57. The second kappa shape index (κ2) is 8.01. The number of amides is 2. The summed E-state index contributed by atoms with van der Waals surface area (Å²) >= 11 is 0. The number of fused-ring (bicyclic) bond motifs is 4. The summed E-state index contributed by atoms with van der Waals surface area (Å²) in [5.41, 5.74) is 1.55. The molecular formula is C24H36N4O2. The Hall–Kier alpha value is -1.85. The molecule has 1 aromatic heterocycles. The Kier molecular flexibility index (Phi) is 5.36. The fourth-order valence-corrected chi connectivity index (χ4v) is 6.99. The van der Waals surface area contributed by atoms with Gasteiger partial charge in [-0.2, -0.15) is 5.10 Å². The summed E-state index contributed by atoms with van der Waals surface area (Å²) in [6.07, 6.45) is 13.7. The average Bonchev–Trinajstić information content (AvgIpc) is 3.09. The van der Waals surface area contributed by atoms with E-state index in [1.165, 1.54) is 38.5 Å². The highest BCUT2D eigenvalue weighted by Gasteiger charge is 2.50. The van der Waals surface area contributed by atoms with Crippen LogP contribution in [0.4, 0.5) is 0 Å². The first kappa shape index (κ1) is 20.1. The van der Waals surface area contributed by atoms with Crippen LogP contribution in [-0.2, 0) is 11.8 Å². The minimum absolute atomic E-state index is 0.127. The van der Waals surface area contributed by atoms with Crippen LogP contribution in [0.15, 0.2) is 6.20 Å². The lowest BCUT2D eigenvalue weighted by Crippen LogP contribution is -2.65. The van der Waals surface area contributed by atoms with Gasteiger partial charge in [0.05, 0.1) is 11.3 Å². The zero-order chi connectivity index (χ0) is 20.8. The van der Waals surface area contributed by atoms with E-state index in [2.05, 4.69) is 14.9 Å². The molecule has 30 heavy (non-hydrogen) atoms. The number of hydrogen-bond donors (Lipinski definition) is 0. The van der Waals surface area contributed by atoms with E-state index in [9.17, 15) is 9.59 Å². The fraction of sp³-hybridized carbons (Fsp3) is 0.792. The molecule has 2 amide bonds. The van der Waals surface area contributed by atoms with E-state index in [1.54, 1.807) is 4.68 Å². The van der Waals surface area contributed by atoms with Crippen LogP contribution in [0.3, 0.4) is 0 Å². The van der Waals surface area contributed by atoms with Gasteiger partial charge in [0.1, 0.15) is 0 Å². The van der Waals surface area contributed by atoms with E-state index in [0.29, 0.717) is 36.2 Å². The second-order valence-electron chi connectivity index (χ2n) is 10.3. The molecule has 3 aliphatic heterocycles. The van der Waals surface area contributed by atoms with Crippen molar-refractivity contribution in [1.82, 2.24) is 19.6 Å². The SMILES string of the molecule is Cc1nn(C)cc1C(=O)N1C[C@H]2C[C@@H](C1)[C@H](CC1CCCCC1)N1C(=O)CCC[C@@H]21. The highest BCUT2D eigenvalue weighted by atomic mass is 16.2. The number of aryl methyl sites for hydroxylation is 2. The summed E-state index contributed by atoms with van der Waals surface area (Å²) in [5, 5.41) is 4.38. The van der Waals surface area contributed by atoms with Crippen LogP contribution in [0.25, 0.3) is 0 Å². The zero-order valence-electron chi connectivity index (χ0n) is 18.6. The van der Waals surface area contributed by atoms with Gasteiger partial charge < -0.3 is 9.80 Å². The van der Waals surface area contributed by atoms with Gasteiger partial charge in [-0.3, -0.25) is 14.3 Å². The Morgan fingerprint density at radius 3 is 2.60 bits per heavy atom. The predicted octanol–water partition coefficient (Wildman–Crippen LogP) is 3.54. The third-order valence-electron chi connectivity index (χ3n) is 8.33. The molecule has 3 saturated heterocycles. The van der Waals surface area contributed by atoms with Crippen molar-refractivity contribution in [3.63, 3.8) is 0 Å². The van der Waals surface area contributed by atoms with Crippen molar-refractivity contribution in [2.75, 3.05) is 13.1 Å². The van der Waals surface area contributed by atoms with Gasteiger partial charge in [-0.1, -0.05) is 32.1 Å². The first-order valence-corrected chi connectivity index (χ1v) is 12.1. The van der Waals surface area contributed by atoms with E-state index < -0.39 is 0 Å². The maximum absolute atomic E-state index is 13.4. The quantitative estimate of drug-likeness (QED) is 0.763. The first-order valence-electron chi connectivity index (χ1n) is 12.1. The Labute approximate surface area is 180 Å². The number of piperidine rings is 3. The molecule has 0 spiro atoms. The van der Waals surface area contributed by atoms with Crippen LogP contribution in [0.1, 0.15) is 80.3 Å². The Morgan fingerprint density at radius 1 is 1.10 bits per heavy atom. The van der Waals surface area contributed by atoms with E-state index in [-0.39, 0.29) is 5.91 Å². The largest absolute Gasteiger partial charge is 0.338 e. The Morgan fingerprint density at radius 2 is 1.87 bits per heavy atom. The molecule has 6 nitrogen and oxygen atoms in total. The van der Waals surface area contributed by atoms with Crippen molar-refractivity contribution >= 4 is 11.8 Å². The van der Waals surface area contributed by atoms with E-state index in [0.717, 1.165) is 49.5 Å². The van der Waals surface area contributed by atoms with Crippen molar-refractivity contribution in [2.45, 2.75) is 83.2 Å². The predicted molar refractivity (Wildman–Crippen MR) is 115 cm³/mol. The molecule has 4 aliphatic rings. The number of nitrogens with zero attached hydrogens (tertiary/aromatic N) is 4. The van der Waals surface area contributed by atoms with Gasteiger partial charge in [0, 0.05) is 44.8 Å². The van der Waals surface area contributed by atoms with Gasteiger partial charge >= 0.3 is 0 Å². The van der Waals surface area contributed by atoms with Crippen molar-refractivity contribution < 1.29 is 9.59 Å². The first-order chi connectivity index (χ1) is 14.5. The van der Waals surface area contributed by atoms with Gasteiger partial charge in [-0.15, -0.1) is 0 Å². The van der Waals surface area contributed by atoms with Gasteiger partial charge in [0.2, 0.25) is 5.91 Å². The summed E-state index contributed by atoms with van der Waals surface area (Å²) in [5.74, 6) is 2.11. The summed E-state index contributed by atoms with van der Waals surface area (Å²) in [4.78, 5) is 30.8. The number of likely N-dealkylation sites (tertiary alicyclic amines) is 1. The maximum atomic E-state index is 13.4. The molecule has 1 aliphatic carbocycles. The van der Waals surface area contributed by atoms with Gasteiger partial charge in [0.25, 0.3) is 5.91 Å². The molecule has 0 unspecified atom stereocenters. The number of aromatic nitrogens is 2. The topological polar surface area (TPSA) is 58.4 Å². The number of carbonyl (C=O) groups is 2. The number of rotatable bonds is 3. The molecule has 1 saturated carbocycles. The summed E-state index contributed by atoms with van der Waals surface area (Å²) in [6.45, 7) is 3.50. The monoisotopic (exact) mass is 412 g/mol. The zero-order valence-corrected chi connectivity index (χ0v) is 18.6. The standard InChI is InChI=1S/C24H36N4O2/c1-16-20(15-26(2)25-16)24(30)27-13-18-12-19(14-27)22(11-17-7-4-3-5-8-17)28-21(18)9-6-10-23(28)29/h15,17-19,21-22H,3-14H2,1-2H3/t18-,19+,21+,22+/m1/s1. The lowest BCUT2D eigenvalue weighted by molar-refractivity contribution is -0.153. The molecule has 0 aromatic carbocycles. The molecule has 5 rings (SSSR count). The average molecular weight is 413 g/mol. The van der Waals surface area contributed by atoms with Crippen LogP contribution >= 0.6 is 0 Å². The lowest BCUT2D eigenvalue weighted by atomic mass is 9.69. The van der Waals surface area contributed by atoms with Gasteiger partial charge in [0.15, 0.2) is 0 Å². The second-order valence-corrected chi connectivity index (χ2v) is 10.3. The molecule has 0 N–H and O–H groups in total. The molecular weight excluding hydrogens is 376 g/mol. The third-order valence-corrected chi connectivity index (χ3v) is 8.33. The molecule has 4 heterocycles. The van der Waals surface area contributed by atoms with Crippen molar-refractivity contribution in [3.8, 4) is 0 Å². The summed E-state index contributed by atoms with van der Waals surface area (Å²) < 4.78 is 1.74. The normalized spacial score (nSPS) is 32.3. The fourth-order valence-electron chi connectivity index (χ4n) is 6.99. The molecule has 0 radical (unpaired) electrons. The molecule has 6 heteroatoms. The maximum Gasteiger partial charge on any atom is 0.257 e.